The number of allylic oxidation sites excluding steroid dienone is 2. The Morgan fingerprint density at radius 2 is 1.62 bits per heavy atom. The predicted octanol–water partition coefficient (Wildman–Crippen LogP) is 2.85. The van der Waals surface area contributed by atoms with Crippen LogP contribution in [0.5, 0.6) is 0 Å². The highest BCUT2D eigenvalue weighted by molar-refractivity contribution is 6.31. The minimum absolute atomic E-state index is 0.0873. The van der Waals surface area contributed by atoms with Crippen molar-refractivity contribution in [1.29, 1.82) is 0 Å². The summed E-state index contributed by atoms with van der Waals surface area (Å²) in [6.07, 6.45) is 3.34. The van der Waals surface area contributed by atoms with Gasteiger partial charge in [0.15, 0.2) is 11.6 Å². The van der Waals surface area contributed by atoms with E-state index in [1.807, 2.05) is 6.92 Å². The Bertz CT molecular complexity index is 773. The van der Waals surface area contributed by atoms with Gasteiger partial charge in [0.25, 0.3) is 0 Å². The highest BCUT2D eigenvalue weighted by Gasteiger charge is 2.60. The van der Waals surface area contributed by atoms with E-state index in [1.54, 1.807) is 37.3 Å². The second-order valence-electron chi connectivity index (χ2n) is 6.49. The van der Waals surface area contributed by atoms with Crippen molar-refractivity contribution in [3.8, 4) is 0 Å². The number of Topliss-reactive ketones (excluding diaryl/α,β-unsaturated/α-hetero) is 2. The quantitative estimate of drug-likeness (QED) is 0.795. The van der Waals surface area contributed by atoms with E-state index in [2.05, 4.69) is 0 Å². The first-order valence-corrected chi connectivity index (χ1v) is 7.24. The van der Waals surface area contributed by atoms with Crippen molar-refractivity contribution < 1.29 is 14.7 Å². The van der Waals surface area contributed by atoms with Gasteiger partial charge in [-0.3, -0.25) is 9.59 Å². The minimum atomic E-state index is -1.06. The molecule has 0 radical (unpaired) electrons. The standard InChI is InChI=1S/C18H16O3/c1-10-14-13(9-17(2,21)18(10)7-8-18)15(19)11-5-3-4-6-12(11)16(14)20/h3-6,9,21H,7-8H2,1-2H3. The van der Waals surface area contributed by atoms with Gasteiger partial charge in [0.2, 0.25) is 0 Å². The lowest BCUT2D eigenvalue weighted by atomic mass is 9.67. The van der Waals surface area contributed by atoms with Gasteiger partial charge in [0.1, 0.15) is 0 Å². The Morgan fingerprint density at radius 1 is 1.05 bits per heavy atom. The third kappa shape index (κ3) is 1.37. The summed E-state index contributed by atoms with van der Waals surface area (Å²) >= 11 is 0. The molecule has 3 heteroatoms. The summed E-state index contributed by atoms with van der Waals surface area (Å²) in [5.41, 5.74) is 1.27. The molecule has 3 aliphatic rings. The molecule has 0 saturated heterocycles. The van der Waals surface area contributed by atoms with Crippen LogP contribution >= 0.6 is 0 Å². The number of benzene rings is 1. The number of hydrogen-bond donors (Lipinski definition) is 1. The lowest BCUT2D eigenvalue weighted by Gasteiger charge is -2.39. The van der Waals surface area contributed by atoms with Crippen LogP contribution in [0.25, 0.3) is 0 Å². The number of rotatable bonds is 0. The van der Waals surface area contributed by atoms with Crippen LogP contribution in [-0.2, 0) is 0 Å². The van der Waals surface area contributed by atoms with E-state index in [0.29, 0.717) is 22.3 Å². The molecule has 1 N–H and O–H groups in total. The second-order valence-corrected chi connectivity index (χ2v) is 6.49. The summed E-state index contributed by atoms with van der Waals surface area (Å²) in [5.74, 6) is -0.244. The molecule has 1 fully saturated rings. The molecule has 1 saturated carbocycles. The Labute approximate surface area is 123 Å². The molecule has 1 aromatic carbocycles. The molecule has 1 aromatic rings. The average Bonchev–Trinajstić information content (AvgIpc) is 3.25. The van der Waals surface area contributed by atoms with Crippen molar-refractivity contribution >= 4 is 11.6 Å². The number of hydrogen-bond acceptors (Lipinski definition) is 3. The van der Waals surface area contributed by atoms with Crippen LogP contribution in [-0.4, -0.2) is 22.3 Å². The summed E-state index contributed by atoms with van der Waals surface area (Å²) in [5, 5.41) is 10.8. The smallest absolute Gasteiger partial charge is 0.194 e. The maximum Gasteiger partial charge on any atom is 0.194 e. The van der Waals surface area contributed by atoms with Crippen LogP contribution in [0.15, 0.2) is 47.1 Å². The molecule has 1 atom stereocenters. The number of carbonyl (C=O) groups is 2. The topological polar surface area (TPSA) is 54.4 Å². The largest absolute Gasteiger partial charge is 0.385 e. The van der Waals surface area contributed by atoms with E-state index in [4.69, 9.17) is 0 Å². The molecule has 1 spiro atoms. The number of aliphatic hydroxyl groups is 1. The maximum absolute atomic E-state index is 12.8. The van der Waals surface area contributed by atoms with E-state index in [0.717, 1.165) is 18.4 Å². The van der Waals surface area contributed by atoms with Crippen LogP contribution in [0.1, 0.15) is 47.4 Å². The minimum Gasteiger partial charge on any atom is -0.385 e. The molecule has 0 aromatic heterocycles. The van der Waals surface area contributed by atoms with Gasteiger partial charge in [-0.2, -0.15) is 0 Å². The molecule has 106 valence electrons. The fourth-order valence-corrected chi connectivity index (χ4v) is 3.95. The van der Waals surface area contributed by atoms with Gasteiger partial charge in [0, 0.05) is 27.7 Å². The molecule has 0 aliphatic heterocycles. The monoisotopic (exact) mass is 280 g/mol. The zero-order valence-corrected chi connectivity index (χ0v) is 12.1. The lowest BCUT2D eigenvalue weighted by molar-refractivity contribution is 0.0446. The van der Waals surface area contributed by atoms with Crippen LogP contribution in [0.3, 0.4) is 0 Å². The predicted molar refractivity (Wildman–Crippen MR) is 78.2 cm³/mol. The van der Waals surface area contributed by atoms with E-state index >= 15 is 0 Å². The van der Waals surface area contributed by atoms with Crippen molar-refractivity contribution in [3.63, 3.8) is 0 Å². The number of ketones is 2. The molecule has 4 rings (SSSR count). The third-order valence-electron chi connectivity index (χ3n) is 5.39. The van der Waals surface area contributed by atoms with Gasteiger partial charge in [-0.1, -0.05) is 29.8 Å². The van der Waals surface area contributed by atoms with Crippen LogP contribution in [0.4, 0.5) is 0 Å². The van der Waals surface area contributed by atoms with Gasteiger partial charge in [-0.25, -0.2) is 0 Å². The molecular weight excluding hydrogens is 264 g/mol. The Balaban J connectivity index is 2.04. The molecule has 21 heavy (non-hydrogen) atoms. The Kier molecular flexibility index (Phi) is 2.18. The van der Waals surface area contributed by atoms with Crippen molar-refractivity contribution in [2.24, 2.45) is 5.41 Å². The first-order chi connectivity index (χ1) is 9.89. The molecule has 0 heterocycles. The zero-order valence-electron chi connectivity index (χ0n) is 12.1. The first-order valence-electron chi connectivity index (χ1n) is 7.24. The summed E-state index contributed by atoms with van der Waals surface area (Å²) < 4.78 is 0. The van der Waals surface area contributed by atoms with Gasteiger partial charge in [-0.15, -0.1) is 0 Å². The fraction of sp³-hybridized carbons (Fsp3) is 0.333. The molecule has 3 aliphatic carbocycles. The number of fused-ring (bicyclic) bond motifs is 2. The van der Waals surface area contributed by atoms with Crippen LogP contribution in [0.2, 0.25) is 0 Å². The SMILES string of the molecule is CC1=C2C(=O)c3ccccc3C(=O)C2=CC(C)(O)C12CC2. The van der Waals surface area contributed by atoms with Crippen LogP contribution in [0, 0.1) is 5.41 Å². The van der Waals surface area contributed by atoms with Gasteiger partial charge in [-0.05, 0) is 32.8 Å². The van der Waals surface area contributed by atoms with Gasteiger partial charge < -0.3 is 5.11 Å². The number of carbonyl (C=O) groups excluding carboxylic acids is 2. The van der Waals surface area contributed by atoms with E-state index in [1.165, 1.54) is 0 Å². The first kappa shape index (κ1) is 12.7. The highest BCUT2D eigenvalue weighted by Crippen LogP contribution is 2.63. The zero-order chi connectivity index (χ0) is 15.0. The Morgan fingerprint density at radius 3 is 2.19 bits per heavy atom. The maximum atomic E-state index is 12.8. The summed E-state index contributed by atoms with van der Waals surface area (Å²) in [4.78, 5) is 25.5. The van der Waals surface area contributed by atoms with Crippen molar-refractivity contribution in [2.45, 2.75) is 32.3 Å². The molecule has 0 bridgehead atoms. The molecule has 0 amide bonds. The van der Waals surface area contributed by atoms with Crippen LogP contribution < -0.4 is 0 Å². The average molecular weight is 280 g/mol. The fourth-order valence-electron chi connectivity index (χ4n) is 3.95. The van der Waals surface area contributed by atoms with Gasteiger partial charge >= 0.3 is 0 Å². The summed E-state index contributed by atoms with van der Waals surface area (Å²) in [7, 11) is 0. The van der Waals surface area contributed by atoms with Crippen molar-refractivity contribution in [2.75, 3.05) is 0 Å². The normalized spacial score (nSPS) is 29.2. The van der Waals surface area contributed by atoms with Gasteiger partial charge in [0.05, 0.1) is 5.60 Å². The molecular formula is C18H16O3. The van der Waals surface area contributed by atoms with E-state index in [-0.39, 0.29) is 17.0 Å². The van der Waals surface area contributed by atoms with Crippen molar-refractivity contribution in [1.82, 2.24) is 0 Å². The highest BCUT2D eigenvalue weighted by atomic mass is 16.3. The van der Waals surface area contributed by atoms with E-state index in [9.17, 15) is 14.7 Å². The second kappa shape index (κ2) is 3.60. The molecule has 1 unspecified atom stereocenters. The molecule has 3 nitrogen and oxygen atoms in total. The van der Waals surface area contributed by atoms with Crippen molar-refractivity contribution in [3.05, 3.63) is 58.2 Å². The summed E-state index contributed by atoms with van der Waals surface area (Å²) in [6.45, 7) is 3.63. The summed E-state index contributed by atoms with van der Waals surface area (Å²) in [6, 6.07) is 6.92. The van der Waals surface area contributed by atoms with E-state index < -0.39 is 5.60 Å². The third-order valence-corrected chi connectivity index (χ3v) is 5.39. The Hall–Kier alpha value is -2.00. The lowest BCUT2D eigenvalue weighted by Crippen LogP contribution is -2.42.